The molecular formula is C20H22O. The van der Waals surface area contributed by atoms with E-state index in [0.717, 1.165) is 24.2 Å². The van der Waals surface area contributed by atoms with E-state index in [1.54, 1.807) is 7.11 Å². The van der Waals surface area contributed by atoms with Gasteiger partial charge >= 0.3 is 0 Å². The molecule has 0 unspecified atom stereocenters. The van der Waals surface area contributed by atoms with Crippen molar-refractivity contribution >= 4 is 6.08 Å². The number of benzene rings is 2. The van der Waals surface area contributed by atoms with Crippen LogP contribution in [-0.4, -0.2) is 7.11 Å². The fraction of sp³-hybridized carbons (Fsp3) is 0.200. The van der Waals surface area contributed by atoms with Crippen LogP contribution in [0.2, 0.25) is 0 Å². The molecule has 108 valence electrons. The lowest BCUT2D eigenvalue weighted by Gasteiger charge is -2.13. The van der Waals surface area contributed by atoms with E-state index in [1.165, 1.54) is 11.1 Å². The summed E-state index contributed by atoms with van der Waals surface area (Å²) in [6.07, 6.45) is 5.99. The molecule has 0 saturated carbocycles. The van der Waals surface area contributed by atoms with Gasteiger partial charge in [0.15, 0.2) is 0 Å². The number of allylic oxidation sites excluding steroid dienone is 1. The lowest BCUT2D eigenvalue weighted by Crippen LogP contribution is -1.98. The van der Waals surface area contributed by atoms with E-state index >= 15 is 0 Å². The highest BCUT2D eigenvalue weighted by atomic mass is 16.5. The molecule has 21 heavy (non-hydrogen) atoms. The smallest absolute Gasteiger partial charge is 0.118 e. The summed E-state index contributed by atoms with van der Waals surface area (Å²) in [6.45, 7) is 7.76. The molecule has 0 aliphatic heterocycles. The van der Waals surface area contributed by atoms with E-state index in [4.69, 9.17) is 4.74 Å². The third-order valence-corrected chi connectivity index (χ3v) is 3.79. The van der Waals surface area contributed by atoms with Crippen molar-refractivity contribution < 1.29 is 4.74 Å². The quantitative estimate of drug-likeness (QED) is 0.629. The number of hydrogen-bond donors (Lipinski definition) is 0. The maximum atomic E-state index is 5.18. The zero-order valence-corrected chi connectivity index (χ0v) is 12.6. The first kappa shape index (κ1) is 15.1. The van der Waals surface area contributed by atoms with E-state index in [1.807, 2.05) is 24.3 Å². The molecule has 2 aromatic rings. The molecule has 0 spiro atoms. The highest BCUT2D eigenvalue weighted by molar-refractivity contribution is 5.47. The van der Waals surface area contributed by atoms with Gasteiger partial charge in [-0.25, -0.2) is 0 Å². The van der Waals surface area contributed by atoms with Gasteiger partial charge in [-0.05, 0) is 41.7 Å². The summed E-state index contributed by atoms with van der Waals surface area (Å²) in [4.78, 5) is 0. The Labute approximate surface area is 127 Å². The molecule has 0 aliphatic rings. The van der Waals surface area contributed by atoms with Crippen molar-refractivity contribution in [3.63, 3.8) is 0 Å². The standard InChI is InChI=1S/C20H22O/c1-4-16-6-12-19(13-7-16)18(5-2)11-8-17-9-14-20(21-3)15-10-17/h4-7,9-10,12-15,18H,1-2,8,11H2,3H3/t18-/m1/s1. The molecule has 0 fully saturated rings. The Morgan fingerprint density at radius 3 is 2.19 bits per heavy atom. The lowest BCUT2D eigenvalue weighted by atomic mass is 9.92. The monoisotopic (exact) mass is 278 g/mol. The van der Waals surface area contributed by atoms with Gasteiger partial charge in [-0.3, -0.25) is 0 Å². The third-order valence-electron chi connectivity index (χ3n) is 3.79. The first-order valence-electron chi connectivity index (χ1n) is 7.24. The van der Waals surface area contributed by atoms with Crippen molar-refractivity contribution in [3.8, 4) is 5.75 Å². The average Bonchev–Trinajstić information content (AvgIpc) is 2.56. The van der Waals surface area contributed by atoms with Gasteiger partial charge in [0.25, 0.3) is 0 Å². The fourth-order valence-electron chi connectivity index (χ4n) is 2.41. The molecule has 0 radical (unpaired) electrons. The molecule has 2 rings (SSSR count). The number of ether oxygens (including phenoxy) is 1. The predicted octanol–water partition coefficient (Wildman–Crippen LogP) is 5.24. The number of rotatable bonds is 7. The first-order valence-corrected chi connectivity index (χ1v) is 7.24. The van der Waals surface area contributed by atoms with E-state index in [2.05, 4.69) is 49.6 Å². The Bertz CT molecular complexity index is 578. The maximum Gasteiger partial charge on any atom is 0.118 e. The predicted molar refractivity (Wildman–Crippen MR) is 90.8 cm³/mol. The van der Waals surface area contributed by atoms with Crippen molar-refractivity contribution in [1.29, 1.82) is 0 Å². The van der Waals surface area contributed by atoms with Gasteiger partial charge in [0.05, 0.1) is 7.11 Å². The van der Waals surface area contributed by atoms with E-state index in [0.29, 0.717) is 5.92 Å². The molecule has 0 heterocycles. The molecule has 0 aliphatic carbocycles. The van der Waals surface area contributed by atoms with Gasteiger partial charge in [-0.2, -0.15) is 0 Å². The second-order valence-corrected chi connectivity index (χ2v) is 5.10. The van der Waals surface area contributed by atoms with Crippen LogP contribution < -0.4 is 4.74 Å². The molecular weight excluding hydrogens is 256 g/mol. The summed E-state index contributed by atoms with van der Waals surface area (Å²) in [5.74, 6) is 1.28. The van der Waals surface area contributed by atoms with Crippen molar-refractivity contribution in [1.82, 2.24) is 0 Å². The highest BCUT2D eigenvalue weighted by Crippen LogP contribution is 2.24. The minimum atomic E-state index is 0.381. The molecule has 2 aromatic carbocycles. The van der Waals surface area contributed by atoms with Gasteiger partial charge < -0.3 is 4.74 Å². The Hall–Kier alpha value is -2.28. The topological polar surface area (TPSA) is 9.23 Å². The normalized spacial score (nSPS) is 11.7. The number of hydrogen-bond acceptors (Lipinski definition) is 1. The van der Waals surface area contributed by atoms with Gasteiger partial charge in [0, 0.05) is 5.92 Å². The summed E-state index contributed by atoms with van der Waals surface area (Å²) in [5.41, 5.74) is 3.78. The van der Waals surface area contributed by atoms with Crippen molar-refractivity contribution in [2.45, 2.75) is 18.8 Å². The maximum absolute atomic E-state index is 5.18. The van der Waals surface area contributed by atoms with Crippen molar-refractivity contribution in [2.75, 3.05) is 7.11 Å². The summed E-state index contributed by atoms with van der Waals surface area (Å²) in [7, 11) is 1.69. The van der Waals surface area contributed by atoms with Gasteiger partial charge in [-0.15, -0.1) is 6.58 Å². The Morgan fingerprint density at radius 1 is 1.00 bits per heavy atom. The summed E-state index contributed by atoms with van der Waals surface area (Å²) in [5, 5.41) is 0. The van der Waals surface area contributed by atoms with Gasteiger partial charge in [0.1, 0.15) is 5.75 Å². The van der Waals surface area contributed by atoms with Crippen LogP contribution in [0.1, 0.15) is 29.0 Å². The fourth-order valence-corrected chi connectivity index (χ4v) is 2.41. The molecule has 1 heteroatoms. The van der Waals surface area contributed by atoms with Crippen LogP contribution >= 0.6 is 0 Å². The van der Waals surface area contributed by atoms with E-state index < -0.39 is 0 Å². The molecule has 0 aromatic heterocycles. The van der Waals surface area contributed by atoms with Crippen molar-refractivity contribution in [3.05, 3.63) is 84.5 Å². The highest BCUT2D eigenvalue weighted by Gasteiger charge is 2.07. The zero-order valence-electron chi connectivity index (χ0n) is 12.6. The van der Waals surface area contributed by atoms with Gasteiger partial charge in [0.2, 0.25) is 0 Å². The van der Waals surface area contributed by atoms with Crippen LogP contribution in [0, 0.1) is 0 Å². The summed E-state index contributed by atoms with van der Waals surface area (Å²) in [6, 6.07) is 16.8. The van der Waals surface area contributed by atoms with Crippen LogP contribution in [0.15, 0.2) is 67.8 Å². The number of methoxy groups -OCH3 is 1. The van der Waals surface area contributed by atoms with Crippen LogP contribution in [-0.2, 0) is 6.42 Å². The largest absolute Gasteiger partial charge is 0.497 e. The van der Waals surface area contributed by atoms with Crippen LogP contribution in [0.3, 0.4) is 0 Å². The molecule has 0 N–H and O–H groups in total. The minimum absolute atomic E-state index is 0.381. The van der Waals surface area contributed by atoms with Crippen LogP contribution in [0.25, 0.3) is 6.08 Å². The molecule has 1 atom stereocenters. The Kier molecular flexibility index (Phi) is 5.39. The molecule has 0 bridgehead atoms. The third kappa shape index (κ3) is 4.09. The SMILES string of the molecule is C=Cc1ccc([C@H](C=C)CCc2ccc(OC)cc2)cc1. The zero-order chi connectivity index (χ0) is 15.1. The first-order chi connectivity index (χ1) is 10.3. The second kappa shape index (κ2) is 7.49. The Morgan fingerprint density at radius 2 is 1.67 bits per heavy atom. The molecule has 1 nitrogen and oxygen atoms in total. The van der Waals surface area contributed by atoms with E-state index in [-0.39, 0.29) is 0 Å². The molecule has 0 saturated heterocycles. The molecule has 0 amide bonds. The Balaban J connectivity index is 2.00. The summed E-state index contributed by atoms with van der Waals surface area (Å²) >= 11 is 0. The van der Waals surface area contributed by atoms with Crippen molar-refractivity contribution in [2.24, 2.45) is 0 Å². The minimum Gasteiger partial charge on any atom is -0.497 e. The number of aryl methyl sites for hydroxylation is 1. The summed E-state index contributed by atoms with van der Waals surface area (Å²) < 4.78 is 5.18. The average molecular weight is 278 g/mol. The van der Waals surface area contributed by atoms with E-state index in [9.17, 15) is 0 Å². The van der Waals surface area contributed by atoms with Crippen LogP contribution in [0.5, 0.6) is 5.75 Å². The van der Waals surface area contributed by atoms with Crippen LogP contribution in [0.4, 0.5) is 0 Å². The lowest BCUT2D eigenvalue weighted by molar-refractivity contribution is 0.414. The second-order valence-electron chi connectivity index (χ2n) is 5.10. The van der Waals surface area contributed by atoms with Gasteiger partial charge in [-0.1, -0.05) is 55.1 Å².